The molecule has 44 heavy (non-hydrogen) atoms. The van der Waals surface area contributed by atoms with Gasteiger partial charge < -0.3 is 0 Å². The van der Waals surface area contributed by atoms with Crippen LogP contribution < -0.4 is 0 Å². The average Bonchev–Trinajstić information content (AvgIpc) is 3.11. The van der Waals surface area contributed by atoms with Crippen molar-refractivity contribution >= 4 is 49.5 Å². The summed E-state index contributed by atoms with van der Waals surface area (Å²) in [6, 6.07) is 0. The van der Waals surface area contributed by atoms with Crippen LogP contribution in [0.25, 0.3) is 0 Å². The van der Waals surface area contributed by atoms with Gasteiger partial charge in [-0.3, -0.25) is 0 Å². The maximum absolute atomic E-state index is 14.6. The van der Waals surface area contributed by atoms with Crippen LogP contribution in [-0.2, 0) is 15.7 Å². The van der Waals surface area contributed by atoms with Crippen LogP contribution in [0.15, 0.2) is 0 Å². The first-order chi connectivity index (χ1) is 21.6. The molecule has 0 aromatic carbocycles. The van der Waals surface area contributed by atoms with Gasteiger partial charge in [0.25, 0.3) is 0 Å². The van der Waals surface area contributed by atoms with Gasteiger partial charge in [-0.25, -0.2) is 0 Å². The Morgan fingerprint density at radius 1 is 0.295 bits per heavy atom. The Morgan fingerprint density at radius 3 is 0.614 bits per heavy atom. The van der Waals surface area contributed by atoms with Crippen LogP contribution in [-0.4, -0.2) is 49.5 Å². The van der Waals surface area contributed by atoms with Gasteiger partial charge in [-0.2, -0.15) is 0 Å². The van der Waals surface area contributed by atoms with E-state index in [-0.39, 0.29) is 0 Å². The van der Waals surface area contributed by atoms with Gasteiger partial charge in [0.15, 0.2) is 0 Å². The van der Waals surface area contributed by atoms with E-state index >= 15 is 0 Å². The molecule has 6 fully saturated rings. The standard InChI is InChI=1S/6C6H11.C2H2O4.2Sn/c6*1-2-4-6-5-3-1;3-1(4)2(5)6;;/h6*1H,2-6H2;(H,3,4)(H,5,6);;/q;;;;;;;2*+1/p-2. The van der Waals surface area contributed by atoms with E-state index in [1.54, 1.807) is 0 Å². The molecule has 6 saturated carbocycles. The van der Waals surface area contributed by atoms with E-state index in [0.29, 0.717) is 23.6 Å². The molecule has 6 heteroatoms. The zero-order valence-electron chi connectivity index (χ0n) is 28.3. The molecule has 0 bridgehead atoms. The average molecular weight is 824 g/mol. The zero-order valence-corrected chi connectivity index (χ0v) is 34.0. The Kier molecular flexibility index (Phi) is 13.1. The second-order valence-electron chi connectivity index (χ2n) is 16.5. The second kappa shape index (κ2) is 16.8. The van der Waals surface area contributed by atoms with Crippen LogP contribution in [0.4, 0.5) is 0 Å². The summed E-state index contributed by atoms with van der Waals surface area (Å²) < 4.78 is 18.3. The Hall–Kier alpha value is 0.537. The molecule has 6 rings (SSSR count). The van der Waals surface area contributed by atoms with Crippen molar-refractivity contribution in [1.82, 2.24) is 0 Å². The van der Waals surface area contributed by atoms with Crippen LogP contribution in [0.2, 0.25) is 23.6 Å². The summed E-state index contributed by atoms with van der Waals surface area (Å²) in [6.45, 7) is 0. The van der Waals surface area contributed by atoms with Crippen molar-refractivity contribution in [3.8, 4) is 0 Å². The van der Waals surface area contributed by atoms with Gasteiger partial charge in [0.05, 0.1) is 0 Å². The molecular weight excluding hydrogens is 758 g/mol. The molecule has 0 heterocycles. The summed E-state index contributed by atoms with van der Waals surface area (Å²) in [5.74, 6) is -0.933. The Morgan fingerprint density at radius 2 is 0.455 bits per heavy atom. The van der Waals surface area contributed by atoms with E-state index < -0.39 is 49.5 Å². The Labute approximate surface area is 279 Å². The van der Waals surface area contributed by atoms with Crippen molar-refractivity contribution in [3.63, 3.8) is 0 Å². The van der Waals surface area contributed by atoms with Crippen molar-refractivity contribution in [2.75, 3.05) is 0 Å². The van der Waals surface area contributed by atoms with Crippen molar-refractivity contribution in [1.29, 1.82) is 0 Å². The second-order valence-corrected chi connectivity index (χ2v) is 41.4. The fourth-order valence-corrected chi connectivity index (χ4v) is 51.3. The minimum atomic E-state index is -3.61. The molecule has 0 aliphatic heterocycles. The van der Waals surface area contributed by atoms with Crippen LogP contribution >= 0.6 is 0 Å². The first kappa shape index (κ1) is 34.4. The van der Waals surface area contributed by atoms with Gasteiger partial charge in [0.1, 0.15) is 0 Å². The molecule has 0 aromatic heterocycles. The molecule has 0 aromatic rings. The van der Waals surface area contributed by atoms with Crippen LogP contribution in [0.3, 0.4) is 0 Å². The molecule has 0 unspecified atom stereocenters. The van der Waals surface area contributed by atoms with Gasteiger partial charge in [0, 0.05) is 0 Å². The number of carbonyl (C=O) groups excluding carboxylic acids is 2. The first-order valence-corrected chi connectivity index (χ1v) is 32.3. The van der Waals surface area contributed by atoms with E-state index in [1.807, 2.05) is 0 Å². The fraction of sp³-hybridized carbons (Fsp3) is 0.947. The normalized spacial score (nSPS) is 27.2. The van der Waals surface area contributed by atoms with Crippen molar-refractivity contribution in [2.24, 2.45) is 0 Å². The monoisotopic (exact) mass is 826 g/mol. The quantitative estimate of drug-likeness (QED) is 0.181. The van der Waals surface area contributed by atoms with Crippen molar-refractivity contribution in [3.05, 3.63) is 0 Å². The molecule has 4 nitrogen and oxygen atoms in total. The first-order valence-electron chi connectivity index (χ1n) is 20.1. The third-order valence-corrected chi connectivity index (χ3v) is 49.0. The van der Waals surface area contributed by atoms with Gasteiger partial charge in [0.2, 0.25) is 0 Å². The Bertz CT molecular complexity index is 737. The van der Waals surface area contributed by atoms with E-state index in [1.165, 1.54) is 193 Å². The molecule has 6 aliphatic carbocycles. The van der Waals surface area contributed by atoms with Crippen LogP contribution in [0.5, 0.6) is 0 Å². The van der Waals surface area contributed by atoms with Gasteiger partial charge >= 0.3 is 281 Å². The van der Waals surface area contributed by atoms with E-state index in [0.717, 1.165) is 0 Å². The van der Waals surface area contributed by atoms with Gasteiger partial charge in [-0.1, -0.05) is 0 Å². The third-order valence-electron chi connectivity index (χ3n) is 14.2. The SMILES string of the molecule is O=C([O][Sn]([CH]1CCCCC1)([CH]1CCCCC1)[CH]1CCCCC1)C(=O)[O][Sn]([CH]1CCCCC1)([CH]1CCCCC1)[CH]1CCCCC1. The van der Waals surface area contributed by atoms with Crippen molar-refractivity contribution < 1.29 is 15.7 Å². The van der Waals surface area contributed by atoms with E-state index in [9.17, 15) is 9.59 Å². The summed E-state index contributed by atoms with van der Waals surface area (Å²) in [4.78, 5) is 29.2. The molecule has 250 valence electrons. The molecule has 0 radical (unpaired) electrons. The predicted molar refractivity (Wildman–Crippen MR) is 185 cm³/mol. The summed E-state index contributed by atoms with van der Waals surface area (Å²) in [5, 5.41) is 0. The minimum absolute atomic E-state index is 0.467. The number of hydrogen-bond acceptors (Lipinski definition) is 4. The van der Waals surface area contributed by atoms with Gasteiger partial charge in [-0.05, 0) is 0 Å². The fourth-order valence-electron chi connectivity index (χ4n) is 12.2. The molecule has 0 atom stereocenters. The van der Waals surface area contributed by atoms with Crippen molar-refractivity contribution in [2.45, 2.75) is 216 Å². The summed E-state index contributed by atoms with van der Waals surface area (Å²) in [7, 11) is 0. The molecule has 0 spiro atoms. The summed E-state index contributed by atoms with van der Waals surface area (Å²) >= 11 is -7.22. The molecule has 0 amide bonds. The molecule has 0 saturated heterocycles. The molecule has 0 N–H and O–H groups in total. The Balaban J connectivity index is 1.32. The van der Waals surface area contributed by atoms with E-state index in [4.69, 9.17) is 6.15 Å². The molecular formula is C38H66O4Sn2. The number of hydrogen-bond donors (Lipinski definition) is 0. The maximum atomic E-state index is 14.6. The summed E-state index contributed by atoms with van der Waals surface area (Å²) in [5.41, 5.74) is 0. The van der Waals surface area contributed by atoms with E-state index in [2.05, 4.69) is 0 Å². The third kappa shape index (κ3) is 7.56. The van der Waals surface area contributed by atoms with Crippen LogP contribution in [0, 0.1) is 0 Å². The predicted octanol–water partition coefficient (Wildman–Crippen LogP) is 12.0. The van der Waals surface area contributed by atoms with Gasteiger partial charge in [-0.15, -0.1) is 0 Å². The zero-order chi connectivity index (χ0) is 30.2. The van der Waals surface area contributed by atoms with Crippen LogP contribution in [0.1, 0.15) is 193 Å². The topological polar surface area (TPSA) is 52.6 Å². The number of rotatable bonds is 8. The summed E-state index contributed by atoms with van der Waals surface area (Å²) in [6.07, 6.45) is 38.8. The molecule has 6 aliphatic rings. The number of carbonyl (C=O) groups is 2.